The molecule has 0 fully saturated rings. The number of aromatic nitrogens is 2. The molecule has 17 heavy (non-hydrogen) atoms. The zero-order chi connectivity index (χ0) is 12.8. The molecule has 0 bridgehead atoms. The second-order valence-electron chi connectivity index (χ2n) is 3.96. The summed E-state index contributed by atoms with van der Waals surface area (Å²) in [6.07, 6.45) is 1.77. The minimum absolute atomic E-state index is 0.0138. The minimum Gasteiger partial charge on any atom is -0.387 e. The van der Waals surface area contributed by atoms with Gasteiger partial charge in [0.05, 0.1) is 5.84 Å². The molecule has 0 radical (unpaired) electrons. The zero-order valence-corrected chi connectivity index (χ0v) is 10.9. The van der Waals surface area contributed by atoms with Crippen molar-refractivity contribution in [1.29, 1.82) is 5.41 Å². The fraction of sp³-hybridized carbons (Fsp3) is 0.545. The van der Waals surface area contributed by atoms with Crippen molar-refractivity contribution in [2.24, 2.45) is 11.7 Å². The van der Waals surface area contributed by atoms with Gasteiger partial charge >= 0.3 is 0 Å². The Morgan fingerprint density at radius 1 is 1.71 bits per heavy atom. The number of rotatable bonds is 6. The molecule has 6 heteroatoms. The Kier molecular flexibility index (Phi) is 5.21. The van der Waals surface area contributed by atoms with Gasteiger partial charge in [-0.1, -0.05) is 32.0 Å². The molecule has 5 nitrogen and oxygen atoms in total. The highest BCUT2D eigenvalue weighted by molar-refractivity contribution is 7.99. The highest BCUT2D eigenvalue weighted by Gasteiger charge is 2.08. The highest BCUT2D eigenvalue weighted by atomic mass is 32.2. The monoisotopic (exact) mass is 254 g/mol. The van der Waals surface area contributed by atoms with E-state index >= 15 is 0 Å². The fourth-order valence-corrected chi connectivity index (χ4v) is 2.17. The van der Waals surface area contributed by atoms with Crippen LogP contribution in [0.1, 0.15) is 26.0 Å². The Morgan fingerprint density at radius 2 is 2.41 bits per heavy atom. The van der Waals surface area contributed by atoms with Crippen LogP contribution in [0.15, 0.2) is 16.0 Å². The van der Waals surface area contributed by atoms with Crippen LogP contribution in [0.4, 0.5) is 0 Å². The van der Waals surface area contributed by atoms with Gasteiger partial charge in [0.15, 0.2) is 5.16 Å². The van der Waals surface area contributed by atoms with Crippen LogP contribution in [-0.4, -0.2) is 21.6 Å². The van der Waals surface area contributed by atoms with Crippen molar-refractivity contribution in [1.82, 2.24) is 9.97 Å². The highest BCUT2D eigenvalue weighted by Crippen LogP contribution is 2.15. The largest absolute Gasteiger partial charge is 0.387 e. The molecule has 0 aromatic carbocycles. The normalized spacial score (nSPS) is 12.4. The van der Waals surface area contributed by atoms with Crippen LogP contribution in [0.25, 0.3) is 0 Å². The maximum atomic E-state index is 11.4. The SMILES string of the molecule is CCCc1cc(=O)[nH]c(SCC(C)C(=N)N)n1. The summed E-state index contributed by atoms with van der Waals surface area (Å²) in [5.41, 5.74) is 6.08. The molecule has 94 valence electrons. The predicted octanol–water partition coefficient (Wildman–Crippen LogP) is 1.39. The summed E-state index contributed by atoms with van der Waals surface area (Å²) in [5.74, 6) is 0.790. The van der Waals surface area contributed by atoms with Crippen molar-refractivity contribution in [3.8, 4) is 0 Å². The molecule has 1 heterocycles. The summed E-state index contributed by atoms with van der Waals surface area (Å²) in [7, 11) is 0. The average Bonchev–Trinajstić information content (AvgIpc) is 2.25. The Bertz CT molecular complexity index is 443. The maximum Gasteiger partial charge on any atom is 0.251 e. The van der Waals surface area contributed by atoms with Crippen LogP contribution < -0.4 is 11.3 Å². The Morgan fingerprint density at radius 3 is 3.00 bits per heavy atom. The van der Waals surface area contributed by atoms with Crippen LogP contribution in [0.3, 0.4) is 0 Å². The first-order chi connectivity index (χ1) is 8.02. The van der Waals surface area contributed by atoms with Crippen molar-refractivity contribution < 1.29 is 0 Å². The van der Waals surface area contributed by atoms with Gasteiger partial charge in [0, 0.05) is 23.4 Å². The third-order valence-electron chi connectivity index (χ3n) is 2.28. The molecule has 0 aliphatic heterocycles. The summed E-state index contributed by atoms with van der Waals surface area (Å²) < 4.78 is 0. The van der Waals surface area contributed by atoms with Crippen molar-refractivity contribution >= 4 is 17.6 Å². The Balaban J connectivity index is 2.70. The number of aryl methyl sites for hydroxylation is 1. The van der Waals surface area contributed by atoms with Gasteiger partial charge in [-0.05, 0) is 6.42 Å². The molecular weight excluding hydrogens is 236 g/mol. The molecule has 0 aliphatic carbocycles. The maximum absolute atomic E-state index is 11.4. The van der Waals surface area contributed by atoms with Crippen LogP contribution in [0, 0.1) is 11.3 Å². The van der Waals surface area contributed by atoms with Crippen LogP contribution in [-0.2, 0) is 6.42 Å². The lowest BCUT2D eigenvalue weighted by Gasteiger charge is -2.08. The number of H-pyrrole nitrogens is 1. The number of nitrogens with zero attached hydrogens (tertiary/aromatic N) is 1. The van der Waals surface area contributed by atoms with Crippen LogP contribution in [0.2, 0.25) is 0 Å². The van der Waals surface area contributed by atoms with Gasteiger partial charge in [-0.2, -0.15) is 0 Å². The quantitative estimate of drug-likeness (QED) is 0.309. The number of nitrogens with two attached hydrogens (primary N) is 1. The Hall–Kier alpha value is -1.30. The number of thioether (sulfide) groups is 1. The van der Waals surface area contributed by atoms with Gasteiger partial charge in [0.1, 0.15) is 0 Å². The lowest BCUT2D eigenvalue weighted by Crippen LogP contribution is -2.21. The lowest BCUT2D eigenvalue weighted by molar-refractivity contribution is 0.811. The van der Waals surface area contributed by atoms with Crippen molar-refractivity contribution in [3.05, 3.63) is 22.1 Å². The molecule has 1 unspecified atom stereocenters. The molecule has 4 N–H and O–H groups in total. The lowest BCUT2D eigenvalue weighted by atomic mass is 10.2. The van der Waals surface area contributed by atoms with E-state index in [9.17, 15) is 4.79 Å². The third-order valence-corrected chi connectivity index (χ3v) is 3.41. The smallest absolute Gasteiger partial charge is 0.251 e. The molecule has 1 rings (SSSR count). The topological polar surface area (TPSA) is 95.6 Å². The van der Waals surface area contributed by atoms with E-state index in [1.54, 1.807) is 0 Å². The summed E-state index contributed by atoms with van der Waals surface area (Å²) in [5, 5.41) is 7.89. The number of aromatic amines is 1. The average molecular weight is 254 g/mol. The van der Waals surface area contributed by atoms with Gasteiger partial charge in [-0.25, -0.2) is 4.98 Å². The first-order valence-electron chi connectivity index (χ1n) is 5.60. The number of hydrogen-bond acceptors (Lipinski definition) is 4. The van der Waals surface area contributed by atoms with Gasteiger partial charge in [0.25, 0.3) is 5.56 Å². The molecule has 0 saturated carbocycles. The number of hydrogen-bond donors (Lipinski definition) is 3. The number of amidine groups is 1. The standard InChI is InChI=1S/C11H18N4OS/c1-3-4-8-5-9(16)15-11(14-8)17-6-7(2)10(12)13/h5,7H,3-4,6H2,1-2H3,(H3,12,13)(H,14,15,16). The van der Waals surface area contributed by atoms with Gasteiger partial charge < -0.3 is 10.7 Å². The van der Waals surface area contributed by atoms with E-state index in [1.807, 2.05) is 13.8 Å². The van der Waals surface area contributed by atoms with Gasteiger partial charge in [-0.15, -0.1) is 0 Å². The summed E-state index contributed by atoms with van der Waals surface area (Å²) >= 11 is 1.42. The summed E-state index contributed by atoms with van der Waals surface area (Å²) in [6.45, 7) is 3.93. The van der Waals surface area contributed by atoms with Crippen molar-refractivity contribution in [2.75, 3.05) is 5.75 Å². The molecule has 1 atom stereocenters. The number of nitrogens with one attached hydrogen (secondary N) is 2. The molecule has 0 spiro atoms. The van der Waals surface area contributed by atoms with E-state index in [1.165, 1.54) is 17.8 Å². The minimum atomic E-state index is -0.124. The molecule has 0 amide bonds. The summed E-state index contributed by atoms with van der Waals surface area (Å²) in [4.78, 5) is 18.4. The van der Waals surface area contributed by atoms with Crippen molar-refractivity contribution in [2.45, 2.75) is 31.8 Å². The second-order valence-corrected chi connectivity index (χ2v) is 4.97. The zero-order valence-electron chi connectivity index (χ0n) is 10.1. The Labute approximate surface area is 105 Å². The van der Waals surface area contributed by atoms with Crippen LogP contribution in [0.5, 0.6) is 0 Å². The van der Waals surface area contributed by atoms with E-state index in [0.717, 1.165) is 18.5 Å². The predicted molar refractivity (Wildman–Crippen MR) is 70.7 cm³/mol. The summed E-state index contributed by atoms with van der Waals surface area (Å²) in [6, 6.07) is 1.53. The van der Waals surface area contributed by atoms with E-state index in [2.05, 4.69) is 9.97 Å². The molecule has 1 aromatic heterocycles. The molecule has 0 saturated heterocycles. The van der Waals surface area contributed by atoms with Crippen molar-refractivity contribution in [3.63, 3.8) is 0 Å². The van der Waals surface area contributed by atoms with E-state index in [-0.39, 0.29) is 17.3 Å². The third kappa shape index (κ3) is 4.60. The molecule has 1 aromatic rings. The molecule has 0 aliphatic rings. The second kappa shape index (κ2) is 6.44. The van der Waals surface area contributed by atoms with E-state index < -0.39 is 0 Å². The van der Waals surface area contributed by atoms with E-state index in [4.69, 9.17) is 11.1 Å². The van der Waals surface area contributed by atoms with Gasteiger partial charge in [0.2, 0.25) is 0 Å². The van der Waals surface area contributed by atoms with E-state index in [0.29, 0.717) is 10.9 Å². The first kappa shape index (κ1) is 13.8. The van der Waals surface area contributed by atoms with Crippen LogP contribution >= 0.6 is 11.8 Å². The first-order valence-corrected chi connectivity index (χ1v) is 6.58. The van der Waals surface area contributed by atoms with Gasteiger partial charge in [-0.3, -0.25) is 10.2 Å². The molecular formula is C11H18N4OS. The fourth-order valence-electron chi connectivity index (χ4n) is 1.23.